The highest BCUT2D eigenvalue weighted by Crippen LogP contribution is 2.15. The van der Waals surface area contributed by atoms with Crippen molar-refractivity contribution in [2.75, 3.05) is 7.05 Å². The van der Waals surface area contributed by atoms with Crippen LogP contribution in [0.25, 0.3) is 0 Å². The Hall–Kier alpha value is -1.09. The van der Waals surface area contributed by atoms with E-state index in [-0.39, 0.29) is 5.48 Å². The molecule has 0 fully saturated rings. The molecule has 1 aliphatic carbocycles. The summed E-state index contributed by atoms with van der Waals surface area (Å²) in [5.41, 5.74) is 9.01. The molecule has 0 unspecified atom stereocenters. The minimum absolute atomic E-state index is 0. The fourth-order valence-electron chi connectivity index (χ4n) is 1.10. The summed E-state index contributed by atoms with van der Waals surface area (Å²) in [5.74, 6) is 0. The summed E-state index contributed by atoms with van der Waals surface area (Å²) in [6.45, 7) is 2.03. The molecular weight excluding hydrogens is 152 g/mol. The van der Waals surface area contributed by atoms with Gasteiger partial charge in [0.1, 0.15) is 0 Å². The molecule has 3 heteroatoms. The highest BCUT2D eigenvalue weighted by Gasteiger charge is 2.04. The second kappa shape index (κ2) is 4.72. The molecule has 68 valence electrons. The molecule has 0 aromatic heterocycles. The fraction of sp³-hybridized carbons (Fsp3) is 0.444. The van der Waals surface area contributed by atoms with Crippen LogP contribution < -0.4 is 5.73 Å². The molecule has 0 heterocycles. The first-order valence-corrected chi connectivity index (χ1v) is 3.83. The van der Waals surface area contributed by atoms with Gasteiger partial charge < -0.3 is 11.2 Å². The molecule has 0 bridgehead atoms. The highest BCUT2D eigenvalue weighted by atomic mass is 16.0. The van der Waals surface area contributed by atoms with Gasteiger partial charge in [-0.15, -0.1) is 0 Å². The number of aliphatic imine (C=N–C) groups is 1. The number of hydrogen-bond donors (Lipinski definition) is 1. The molecule has 0 saturated heterocycles. The normalized spacial score (nSPS) is 17.7. The van der Waals surface area contributed by atoms with Crippen LogP contribution in [0.2, 0.25) is 0 Å². The summed E-state index contributed by atoms with van der Waals surface area (Å²) in [6, 6.07) is 0. The molecular formula is C9H16N2O. The van der Waals surface area contributed by atoms with Crippen LogP contribution in [0.3, 0.4) is 0 Å². The number of allylic oxidation sites excluding steroid dienone is 4. The fourth-order valence-corrected chi connectivity index (χ4v) is 1.10. The van der Waals surface area contributed by atoms with Gasteiger partial charge in [-0.2, -0.15) is 0 Å². The zero-order valence-corrected chi connectivity index (χ0v) is 7.59. The third-order valence-corrected chi connectivity index (χ3v) is 1.98. The average Bonchev–Trinajstić information content (AvgIpc) is 2.05. The van der Waals surface area contributed by atoms with Crippen molar-refractivity contribution in [1.82, 2.24) is 0 Å². The van der Waals surface area contributed by atoms with E-state index in [0.29, 0.717) is 0 Å². The van der Waals surface area contributed by atoms with E-state index in [0.717, 1.165) is 24.3 Å². The van der Waals surface area contributed by atoms with E-state index in [4.69, 9.17) is 5.73 Å². The molecule has 0 aliphatic heterocycles. The Morgan fingerprint density at radius 2 is 2.08 bits per heavy atom. The van der Waals surface area contributed by atoms with Crippen LogP contribution >= 0.6 is 0 Å². The number of nitrogens with zero attached hydrogens (tertiary/aromatic N) is 1. The highest BCUT2D eigenvalue weighted by molar-refractivity contribution is 5.98. The predicted molar refractivity (Wildman–Crippen MR) is 52.2 cm³/mol. The van der Waals surface area contributed by atoms with Crippen LogP contribution in [-0.2, 0) is 0 Å². The first kappa shape index (κ1) is 10.9. The van der Waals surface area contributed by atoms with Crippen molar-refractivity contribution in [3.8, 4) is 0 Å². The molecule has 1 rings (SSSR count). The molecule has 0 radical (unpaired) electrons. The van der Waals surface area contributed by atoms with Gasteiger partial charge in [-0.05, 0) is 31.4 Å². The summed E-state index contributed by atoms with van der Waals surface area (Å²) >= 11 is 0. The summed E-state index contributed by atoms with van der Waals surface area (Å²) in [6.07, 6.45) is 6.03. The van der Waals surface area contributed by atoms with Gasteiger partial charge in [0.05, 0.1) is 0 Å². The lowest BCUT2D eigenvalue weighted by Crippen LogP contribution is -2.06. The number of nitrogens with two attached hydrogens (primary N) is 1. The average molecular weight is 168 g/mol. The molecule has 1 aliphatic rings. The van der Waals surface area contributed by atoms with Crippen LogP contribution in [-0.4, -0.2) is 18.2 Å². The maximum Gasteiger partial charge on any atom is 0.0345 e. The van der Waals surface area contributed by atoms with Crippen LogP contribution in [0.1, 0.15) is 19.8 Å². The van der Waals surface area contributed by atoms with E-state index < -0.39 is 0 Å². The van der Waals surface area contributed by atoms with E-state index in [1.165, 1.54) is 5.57 Å². The van der Waals surface area contributed by atoms with Gasteiger partial charge in [-0.1, -0.05) is 6.08 Å². The molecule has 0 atom stereocenters. The number of rotatable bonds is 1. The zero-order valence-electron chi connectivity index (χ0n) is 7.59. The second-order valence-electron chi connectivity index (χ2n) is 2.74. The predicted octanol–water partition coefficient (Wildman–Crippen LogP) is 0.815. The quantitative estimate of drug-likeness (QED) is 0.578. The van der Waals surface area contributed by atoms with E-state index >= 15 is 0 Å². The Kier molecular flexibility index (Phi) is 4.29. The Balaban J connectivity index is 0.00000121. The van der Waals surface area contributed by atoms with Crippen molar-refractivity contribution in [2.45, 2.75) is 19.8 Å². The molecule has 12 heavy (non-hydrogen) atoms. The lowest BCUT2D eigenvalue weighted by Gasteiger charge is -2.10. The SMILES string of the molecule is CN=C(C)C1=CC=C(N)CC1.O. The Morgan fingerprint density at radius 3 is 2.50 bits per heavy atom. The summed E-state index contributed by atoms with van der Waals surface area (Å²) in [4.78, 5) is 4.12. The van der Waals surface area contributed by atoms with Gasteiger partial charge in [0.25, 0.3) is 0 Å². The Morgan fingerprint density at radius 1 is 1.42 bits per heavy atom. The first-order valence-electron chi connectivity index (χ1n) is 3.83. The van der Waals surface area contributed by atoms with Gasteiger partial charge in [-0.25, -0.2) is 0 Å². The topological polar surface area (TPSA) is 69.9 Å². The van der Waals surface area contributed by atoms with Crippen LogP contribution in [0.5, 0.6) is 0 Å². The third kappa shape index (κ3) is 2.51. The largest absolute Gasteiger partial charge is 0.412 e. The smallest absolute Gasteiger partial charge is 0.0345 e. The van der Waals surface area contributed by atoms with Crippen LogP contribution in [0.15, 0.2) is 28.4 Å². The van der Waals surface area contributed by atoms with Crippen molar-refractivity contribution in [3.05, 3.63) is 23.4 Å². The van der Waals surface area contributed by atoms with E-state index in [1.54, 1.807) is 0 Å². The second-order valence-corrected chi connectivity index (χ2v) is 2.74. The summed E-state index contributed by atoms with van der Waals surface area (Å²) in [5, 5.41) is 0. The minimum atomic E-state index is 0. The van der Waals surface area contributed by atoms with Gasteiger partial charge >= 0.3 is 0 Å². The van der Waals surface area contributed by atoms with Crippen LogP contribution in [0.4, 0.5) is 0 Å². The van der Waals surface area contributed by atoms with Gasteiger partial charge in [0.15, 0.2) is 0 Å². The molecule has 4 N–H and O–H groups in total. The standard InChI is InChI=1S/C9H14N2.H2O/c1-7(11-2)8-3-5-9(10)6-4-8;/h3,5H,4,6,10H2,1-2H3;1H2. The Bertz CT molecular complexity index is 239. The van der Waals surface area contributed by atoms with E-state index in [2.05, 4.69) is 11.1 Å². The molecule has 0 aromatic rings. The maximum atomic E-state index is 5.62. The molecule has 0 aromatic carbocycles. The van der Waals surface area contributed by atoms with E-state index in [1.807, 2.05) is 20.0 Å². The van der Waals surface area contributed by atoms with Gasteiger partial charge in [0.2, 0.25) is 0 Å². The minimum Gasteiger partial charge on any atom is -0.412 e. The van der Waals surface area contributed by atoms with Gasteiger partial charge in [0, 0.05) is 18.5 Å². The third-order valence-electron chi connectivity index (χ3n) is 1.98. The van der Waals surface area contributed by atoms with E-state index in [9.17, 15) is 0 Å². The maximum absolute atomic E-state index is 5.62. The van der Waals surface area contributed by atoms with Crippen molar-refractivity contribution in [3.63, 3.8) is 0 Å². The number of hydrogen-bond acceptors (Lipinski definition) is 2. The monoisotopic (exact) mass is 168 g/mol. The molecule has 0 amide bonds. The summed E-state index contributed by atoms with van der Waals surface area (Å²) in [7, 11) is 1.82. The van der Waals surface area contributed by atoms with Crippen molar-refractivity contribution >= 4 is 5.71 Å². The lowest BCUT2D eigenvalue weighted by molar-refractivity contribution is 0.824. The van der Waals surface area contributed by atoms with Crippen molar-refractivity contribution < 1.29 is 5.48 Å². The molecule has 0 spiro atoms. The zero-order chi connectivity index (χ0) is 8.27. The van der Waals surface area contributed by atoms with Crippen molar-refractivity contribution in [2.24, 2.45) is 10.7 Å². The summed E-state index contributed by atoms with van der Waals surface area (Å²) < 4.78 is 0. The van der Waals surface area contributed by atoms with Crippen molar-refractivity contribution in [1.29, 1.82) is 0 Å². The lowest BCUT2D eigenvalue weighted by atomic mass is 10.00. The molecule has 3 nitrogen and oxygen atoms in total. The van der Waals surface area contributed by atoms with Crippen LogP contribution in [0, 0.1) is 0 Å². The van der Waals surface area contributed by atoms with Gasteiger partial charge in [-0.3, -0.25) is 4.99 Å². The first-order chi connectivity index (χ1) is 5.24. The Labute approximate surface area is 73.0 Å². The molecule has 0 saturated carbocycles.